The lowest BCUT2D eigenvalue weighted by molar-refractivity contribution is 0.0472. The number of benzene rings is 3. The fourth-order valence-electron chi connectivity index (χ4n) is 2.86. The number of phenols is 1. The minimum atomic E-state index is -0.718. The molecular weight excluding hydrogens is 328 g/mol. The molecule has 0 saturated heterocycles. The summed E-state index contributed by atoms with van der Waals surface area (Å²) in [6.45, 7) is 1.74. The molecule has 3 aromatic rings. The summed E-state index contributed by atoms with van der Waals surface area (Å²) < 4.78 is 5.10. The van der Waals surface area contributed by atoms with Crippen molar-refractivity contribution in [2.45, 2.75) is 19.8 Å². The zero-order chi connectivity index (χ0) is 18.5. The Morgan fingerprint density at radius 2 is 1.69 bits per heavy atom. The van der Waals surface area contributed by atoms with Crippen LogP contribution in [0.25, 0.3) is 10.8 Å². The Hall–Kier alpha value is -3.14. The van der Waals surface area contributed by atoms with Gasteiger partial charge in [-0.05, 0) is 23.4 Å². The number of esters is 1. The average Bonchev–Trinajstić information content (AvgIpc) is 2.67. The first-order valence-electron chi connectivity index (χ1n) is 8.60. The van der Waals surface area contributed by atoms with E-state index in [0.717, 1.165) is 18.2 Å². The van der Waals surface area contributed by atoms with E-state index in [1.807, 2.05) is 24.3 Å². The second-order valence-corrected chi connectivity index (χ2v) is 6.13. The molecule has 0 atom stereocenters. The maximum atomic E-state index is 12.2. The first kappa shape index (κ1) is 17.7. The van der Waals surface area contributed by atoms with Crippen molar-refractivity contribution in [2.24, 2.45) is 0 Å². The molecule has 0 bridgehead atoms. The van der Waals surface area contributed by atoms with Crippen molar-refractivity contribution >= 4 is 22.5 Å². The summed E-state index contributed by atoms with van der Waals surface area (Å²) in [6, 6.07) is 17.8. The minimum Gasteiger partial charge on any atom is -0.506 e. The molecule has 0 spiro atoms. The molecule has 3 rings (SSSR count). The molecule has 0 aliphatic carbocycles. The number of Topliss-reactive ketones (excluding diaryl/α,β-unsaturated/α-hetero) is 1. The van der Waals surface area contributed by atoms with Crippen molar-refractivity contribution in [2.75, 3.05) is 6.61 Å². The molecule has 1 N–H and O–H groups in total. The summed E-state index contributed by atoms with van der Waals surface area (Å²) in [7, 11) is 0. The van der Waals surface area contributed by atoms with Gasteiger partial charge >= 0.3 is 5.97 Å². The van der Waals surface area contributed by atoms with Crippen LogP contribution in [0.1, 0.15) is 39.6 Å². The molecule has 0 unspecified atom stereocenters. The Morgan fingerprint density at radius 3 is 2.42 bits per heavy atom. The normalized spacial score (nSPS) is 10.7. The van der Waals surface area contributed by atoms with E-state index in [1.54, 1.807) is 30.3 Å². The van der Waals surface area contributed by atoms with Gasteiger partial charge in [-0.2, -0.15) is 0 Å². The number of carbonyl (C=O) groups is 2. The van der Waals surface area contributed by atoms with Gasteiger partial charge in [0.15, 0.2) is 12.4 Å². The minimum absolute atomic E-state index is 0.0507. The van der Waals surface area contributed by atoms with Crippen LogP contribution in [0.15, 0.2) is 60.7 Å². The van der Waals surface area contributed by atoms with E-state index in [2.05, 4.69) is 6.92 Å². The van der Waals surface area contributed by atoms with E-state index < -0.39 is 5.97 Å². The second kappa shape index (κ2) is 7.83. The average molecular weight is 348 g/mol. The predicted octanol–water partition coefficient (Wildman–Crippen LogP) is 4.54. The van der Waals surface area contributed by atoms with Crippen LogP contribution in [0.4, 0.5) is 0 Å². The molecule has 0 saturated carbocycles. The number of fused-ring (bicyclic) bond motifs is 1. The Balaban J connectivity index is 1.68. The van der Waals surface area contributed by atoms with Crippen LogP contribution in [0.5, 0.6) is 5.75 Å². The van der Waals surface area contributed by atoms with Gasteiger partial charge in [-0.3, -0.25) is 4.79 Å². The number of rotatable bonds is 6. The monoisotopic (exact) mass is 348 g/mol. The van der Waals surface area contributed by atoms with Gasteiger partial charge in [0.2, 0.25) is 0 Å². The quantitative estimate of drug-likeness (QED) is 0.525. The van der Waals surface area contributed by atoms with E-state index in [0.29, 0.717) is 10.9 Å². The fourth-order valence-corrected chi connectivity index (χ4v) is 2.86. The molecule has 26 heavy (non-hydrogen) atoms. The summed E-state index contributed by atoms with van der Waals surface area (Å²) >= 11 is 0. The summed E-state index contributed by atoms with van der Waals surface area (Å²) in [5, 5.41) is 11.7. The highest BCUT2D eigenvalue weighted by atomic mass is 16.5. The SMILES string of the molecule is CCCc1ccc(C(=O)COC(=O)c2ccc3ccccc3c2O)cc1. The van der Waals surface area contributed by atoms with Crippen molar-refractivity contribution in [1.29, 1.82) is 0 Å². The third-order valence-electron chi connectivity index (χ3n) is 4.27. The van der Waals surface area contributed by atoms with Gasteiger partial charge in [-0.15, -0.1) is 0 Å². The molecule has 0 heterocycles. The van der Waals surface area contributed by atoms with Gasteiger partial charge in [0.25, 0.3) is 0 Å². The van der Waals surface area contributed by atoms with E-state index in [1.165, 1.54) is 11.6 Å². The first-order chi connectivity index (χ1) is 12.6. The zero-order valence-electron chi connectivity index (χ0n) is 14.6. The van der Waals surface area contributed by atoms with Crippen LogP contribution in [0, 0.1) is 0 Å². The van der Waals surface area contributed by atoms with Gasteiger partial charge < -0.3 is 9.84 Å². The van der Waals surface area contributed by atoms with Gasteiger partial charge in [0, 0.05) is 10.9 Å². The number of aryl methyl sites for hydroxylation is 1. The molecular formula is C22H20O4. The number of phenolic OH excluding ortho intramolecular Hbond substituents is 1. The lowest BCUT2D eigenvalue weighted by atomic mass is 10.1. The molecule has 3 aromatic carbocycles. The lowest BCUT2D eigenvalue weighted by Crippen LogP contribution is -2.14. The maximum absolute atomic E-state index is 12.2. The second-order valence-electron chi connectivity index (χ2n) is 6.13. The molecule has 132 valence electrons. The van der Waals surface area contributed by atoms with Gasteiger partial charge in [-0.1, -0.05) is 67.9 Å². The first-order valence-corrected chi connectivity index (χ1v) is 8.60. The number of ketones is 1. The van der Waals surface area contributed by atoms with Crippen molar-refractivity contribution in [3.63, 3.8) is 0 Å². The number of hydrogen-bond donors (Lipinski definition) is 1. The molecule has 0 aliphatic rings. The third-order valence-corrected chi connectivity index (χ3v) is 4.27. The Bertz CT molecular complexity index is 942. The van der Waals surface area contributed by atoms with Crippen LogP contribution >= 0.6 is 0 Å². The van der Waals surface area contributed by atoms with E-state index >= 15 is 0 Å². The van der Waals surface area contributed by atoms with Crippen molar-refractivity contribution < 1.29 is 19.4 Å². The molecule has 0 fully saturated rings. The fraction of sp³-hybridized carbons (Fsp3) is 0.182. The predicted molar refractivity (Wildman–Crippen MR) is 101 cm³/mol. The van der Waals surface area contributed by atoms with Crippen LogP contribution < -0.4 is 0 Å². The van der Waals surface area contributed by atoms with Crippen LogP contribution in [-0.4, -0.2) is 23.5 Å². The van der Waals surface area contributed by atoms with Gasteiger partial charge in [0.1, 0.15) is 11.3 Å². The van der Waals surface area contributed by atoms with Crippen molar-refractivity contribution in [3.8, 4) is 5.75 Å². The lowest BCUT2D eigenvalue weighted by Gasteiger charge is -2.08. The Kier molecular flexibility index (Phi) is 5.32. The highest BCUT2D eigenvalue weighted by Gasteiger charge is 2.17. The number of carbonyl (C=O) groups excluding carboxylic acids is 2. The summed E-state index contributed by atoms with van der Waals surface area (Å²) in [5.41, 5.74) is 1.72. The smallest absolute Gasteiger partial charge is 0.342 e. The number of aromatic hydroxyl groups is 1. The zero-order valence-corrected chi connectivity index (χ0v) is 14.6. The maximum Gasteiger partial charge on any atom is 0.342 e. The summed E-state index contributed by atoms with van der Waals surface area (Å²) in [4.78, 5) is 24.5. The number of ether oxygens (including phenoxy) is 1. The Labute approximate surface area is 152 Å². The third kappa shape index (κ3) is 3.75. The largest absolute Gasteiger partial charge is 0.506 e. The molecule has 0 amide bonds. The van der Waals surface area contributed by atoms with E-state index in [9.17, 15) is 14.7 Å². The van der Waals surface area contributed by atoms with Gasteiger partial charge in [-0.25, -0.2) is 4.79 Å². The summed E-state index contributed by atoms with van der Waals surface area (Å²) in [5.74, 6) is -1.13. The molecule has 4 heteroatoms. The molecule has 4 nitrogen and oxygen atoms in total. The van der Waals surface area contributed by atoms with Crippen LogP contribution in [-0.2, 0) is 11.2 Å². The topological polar surface area (TPSA) is 63.6 Å². The Morgan fingerprint density at radius 1 is 0.962 bits per heavy atom. The van der Waals surface area contributed by atoms with E-state index in [-0.39, 0.29) is 23.7 Å². The van der Waals surface area contributed by atoms with E-state index in [4.69, 9.17) is 4.74 Å². The van der Waals surface area contributed by atoms with Crippen LogP contribution in [0.2, 0.25) is 0 Å². The summed E-state index contributed by atoms with van der Waals surface area (Å²) in [6.07, 6.45) is 2.00. The van der Waals surface area contributed by atoms with Crippen LogP contribution in [0.3, 0.4) is 0 Å². The highest BCUT2D eigenvalue weighted by molar-refractivity contribution is 6.03. The highest BCUT2D eigenvalue weighted by Crippen LogP contribution is 2.29. The van der Waals surface area contributed by atoms with Crippen molar-refractivity contribution in [3.05, 3.63) is 77.4 Å². The molecule has 0 aliphatic heterocycles. The molecule has 0 radical (unpaired) electrons. The van der Waals surface area contributed by atoms with Gasteiger partial charge in [0.05, 0.1) is 0 Å². The number of hydrogen-bond acceptors (Lipinski definition) is 4. The molecule has 0 aromatic heterocycles. The standard InChI is InChI=1S/C22H20O4/c1-2-5-15-8-10-17(11-9-15)20(23)14-26-22(25)19-13-12-16-6-3-4-7-18(16)21(19)24/h3-4,6-13,24H,2,5,14H2,1H3. The van der Waals surface area contributed by atoms with Crippen molar-refractivity contribution in [1.82, 2.24) is 0 Å².